The molecule has 2 atom stereocenters. The van der Waals surface area contributed by atoms with Gasteiger partial charge in [0, 0.05) is 19.6 Å². The Morgan fingerprint density at radius 3 is 3.05 bits per heavy atom. The van der Waals surface area contributed by atoms with Crippen LogP contribution in [0.5, 0.6) is 0 Å². The van der Waals surface area contributed by atoms with Crippen molar-refractivity contribution in [1.82, 2.24) is 5.32 Å². The standard InChI is InChI=1S/C13H15BrFNO3/c1-8-13(18,5-6-19-8)7-16-12(17)9-3-2-4-10(14)11(9)15/h2-4,8,18H,5-7H2,1H3,(H,16,17). The third-order valence-electron chi connectivity index (χ3n) is 3.41. The topological polar surface area (TPSA) is 58.6 Å². The molecule has 0 aromatic heterocycles. The molecule has 0 bridgehead atoms. The number of benzene rings is 1. The molecule has 0 spiro atoms. The Morgan fingerprint density at radius 2 is 2.42 bits per heavy atom. The van der Waals surface area contributed by atoms with Gasteiger partial charge in [0.25, 0.3) is 5.91 Å². The highest BCUT2D eigenvalue weighted by atomic mass is 79.9. The van der Waals surface area contributed by atoms with E-state index in [-0.39, 0.29) is 22.7 Å². The Bertz CT molecular complexity index is 497. The lowest BCUT2D eigenvalue weighted by Crippen LogP contribution is -2.47. The van der Waals surface area contributed by atoms with Crippen LogP contribution in [0.15, 0.2) is 22.7 Å². The fraction of sp³-hybridized carbons (Fsp3) is 0.462. The van der Waals surface area contributed by atoms with Gasteiger partial charge in [0.05, 0.1) is 16.1 Å². The second-order valence-corrected chi connectivity index (χ2v) is 5.50. The first-order valence-electron chi connectivity index (χ1n) is 6.00. The average Bonchev–Trinajstić information content (AvgIpc) is 2.71. The largest absolute Gasteiger partial charge is 0.385 e. The summed E-state index contributed by atoms with van der Waals surface area (Å²) in [4.78, 5) is 11.9. The van der Waals surface area contributed by atoms with E-state index in [0.29, 0.717) is 13.0 Å². The quantitative estimate of drug-likeness (QED) is 0.888. The van der Waals surface area contributed by atoms with Crippen molar-refractivity contribution in [2.45, 2.75) is 25.0 Å². The van der Waals surface area contributed by atoms with Crippen LogP contribution < -0.4 is 5.32 Å². The molecule has 1 aromatic rings. The summed E-state index contributed by atoms with van der Waals surface area (Å²) in [5.41, 5.74) is -1.14. The minimum Gasteiger partial charge on any atom is -0.385 e. The van der Waals surface area contributed by atoms with Gasteiger partial charge in [-0.2, -0.15) is 0 Å². The smallest absolute Gasteiger partial charge is 0.254 e. The van der Waals surface area contributed by atoms with Gasteiger partial charge in [-0.3, -0.25) is 4.79 Å². The summed E-state index contributed by atoms with van der Waals surface area (Å²) in [5, 5.41) is 12.8. The maximum absolute atomic E-state index is 13.7. The van der Waals surface area contributed by atoms with Crippen LogP contribution in [-0.4, -0.2) is 35.9 Å². The predicted molar refractivity (Wildman–Crippen MR) is 71.4 cm³/mol. The van der Waals surface area contributed by atoms with Crippen molar-refractivity contribution >= 4 is 21.8 Å². The molecule has 1 saturated heterocycles. The third kappa shape index (κ3) is 2.96. The Labute approximate surface area is 119 Å². The SMILES string of the molecule is CC1OCCC1(O)CNC(=O)c1cccc(Br)c1F. The molecule has 2 rings (SSSR count). The zero-order valence-corrected chi connectivity index (χ0v) is 12.0. The molecule has 1 aliphatic heterocycles. The first-order chi connectivity index (χ1) is 8.94. The van der Waals surface area contributed by atoms with Gasteiger partial charge in [-0.05, 0) is 35.0 Å². The van der Waals surface area contributed by atoms with Crippen molar-refractivity contribution in [3.8, 4) is 0 Å². The normalized spacial score (nSPS) is 26.4. The van der Waals surface area contributed by atoms with Gasteiger partial charge in [0.15, 0.2) is 0 Å². The highest BCUT2D eigenvalue weighted by Gasteiger charge is 2.39. The molecular weight excluding hydrogens is 317 g/mol. The highest BCUT2D eigenvalue weighted by molar-refractivity contribution is 9.10. The minimum atomic E-state index is -1.09. The number of aliphatic hydroxyl groups is 1. The Balaban J connectivity index is 2.04. The lowest BCUT2D eigenvalue weighted by Gasteiger charge is -2.26. The zero-order valence-electron chi connectivity index (χ0n) is 10.5. The van der Waals surface area contributed by atoms with Gasteiger partial charge in [0.1, 0.15) is 11.4 Å². The Kier molecular flexibility index (Phi) is 4.23. The molecule has 104 valence electrons. The van der Waals surface area contributed by atoms with Crippen molar-refractivity contribution in [1.29, 1.82) is 0 Å². The van der Waals surface area contributed by atoms with E-state index in [4.69, 9.17) is 4.74 Å². The van der Waals surface area contributed by atoms with Crippen LogP contribution in [0.2, 0.25) is 0 Å². The first-order valence-corrected chi connectivity index (χ1v) is 6.79. The molecular formula is C13H15BrFNO3. The van der Waals surface area contributed by atoms with E-state index in [9.17, 15) is 14.3 Å². The number of carbonyl (C=O) groups is 1. The number of halogens is 2. The van der Waals surface area contributed by atoms with Gasteiger partial charge >= 0.3 is 0 Å². The molecule has 1 aromatic carbocycles. The second-order valence-electron chi connectivity index (χ2n) is 4.65. The number of amides is 1. The molecule has 0 saturated carbocycles. The molecule has 1 aliphatic rings. The lowest BCUT2D eigenvalue weighted by molar-refractivity contribution is -0.0251. The van der Waals surface area contributed by atoms with E-state index in [1.165, 1.54) is 12.1 Å². The van der Waals surface area contributed by atoms with E-state index in [0.717, 1.165) is 0 Å². The summed E-state index contributed by atoms with van der Waals surface area (Å²) >= 11 is 3.03. The van der Waals surface area contributed by atoms with E-state index >= 15 is 0 Å². The molecule has 0 aliphatic carbocycles. The Morgan fingerprint density at radius 1 is 1.68 bits per heavy atom. The highest BCUT2D eigenvalue weighted by Crippen LogP contribution is 2.25. The van der Waals surface area contributed by atoms with Crippen LogP contribution in [0.4, 0.5) is 4.39 Å². The van der Waals surface area contributed by atoms with Crippen LogP contribution >= 0.6 is 15.9 Å². The maximum atomic E-state index is 13.7. The van der Waals surface area contributed by atoms with Gasteiger partial charge in [-0.25, -0.2) is 4.39 Å². The molecule has 2 unspecified atom stereocenters. The molecule has 1 fully saturated rings. The van der Waals surface area contributed by atoms with Gasteiger partial charge in [-0.1, -0.05) is 6.07 Å². The molecule has 1 amide bonds. The van der Waals surface area contributed by atoms with E-state index < -0.39 is 17.3 Å². The summed E-state index contributed by atoms with van der Waals surface area (Å²) in [6, 6.07) is 4.50. The average molecular weight is 332 g/mol. The van der Waals surface area contributed by atoms with Gasteiger partial charge in [0.2, 0.25) is 0 Å². The summed E-state index contributed by atoms with van der Waals surface area (Å²) in [6.07, 6.45) is 0.107. The van der Waals surface area contributed by atoms with Crippen molar-refractivity contribution < 1.29 is 19.0 Å². The zero-order chi connectivity index (χ0) is 14.0. The van der Waals surface area contributed by atoms with Gasteiger partial charge < -0.3 is 15.2 Å². The van der Waals surface area contributed by atoms with Gasteiger partial charge in [-0.15, -0.1) is 0 Å². The van der Waals surface area contributed by atoms with E-state index in [1.807, 2.05) is 0 Å². The fourth-order valence-corrected chi connectivity index (χ4v) is 2.38. The number of ether oxygens (including phenoxy) is 1. The van der Waals surface area contributed by atoms with Crippen LogP contribution in [-0.2, 0) is 4.74 Å². The predicted octanol–water partition coefficient (Wildman–Crippen LogP) is 1.86. The second kappa shape index (κ2) is 5.56. The van der Waals surface area contributed by atoms with Crippen LogP contribution in [0, 0.1) is 5.82 Å². The molecule has 6 heteroatoms. The summed E-state index contributed by atoms with van der Waals surface area (Å²) in [5.74, 6) is -1.16. The maximum Gasteiger partial charge on any atom is 0.254 e. The summed E-state index contributed by atoms with van der Waals surface area (Å²) < 4.78 is 19.2. The first kappa shape index (κ1) is 14.4. The number of rotatable bonds is 3. The van der Waals surface area contributed by atoms with Crippen molar-refractivity contribution in [3.05, 3.63) is 34.1 Å². The minimum absolute atomic E-state index is 0.0406. The molecule has 2 N–H and O–H groups in total. The van der Waals surface area contributed by atoms with Crippen molar-refractivity contribution in [2.75, 3.05) is 13.2 Å². The third-order valence-corrected chi connectivity index (χ3v) is 4.02. The monoisotopic (exact) mass is 331 g/mol. The molecule has 19 heavy (non-hydrogen) atoms. The molecule has 4 nitrogen and oxygen atoms in total. The van der Waals surface area contributed by atoms with E-state index in [1.54, 1.807) is 13.0 Å². The molecule has 1 heterocycles. The van der Waals surface area contributed by atoms with E-state index in [2.05, 4.69) is 21.2 Å². The van der Waals surface area contributed by atoms with Crippen LogP contribution in [0.25, 0.3) is 0 Å². The fourth-order valence-electron chi connectivity index (χ4n) is 2.01. The number of nitrogens with one attached hydrogen (secondary N) is 1. The lowest BCUT2D eigenvalue weighted by atomic mass is 9.96. The van der Waals surface area contributed by atoms with Crippen LogP contribution in [0.3, 0.4) is 0 Å². The van der Waals surface area contributed by atoms with Crippen molar-refractivity contribution in [3.63, 3.8) is 0 Å². The number of hydrogen-bond donors (Lipinski definition) is 2. The number of hydrogen-bond acceptors (Lipinski definition) is 3. The summed E-state index contributed by atoms with van der Waals surface area (Å²) in [6.45, 7) is 2.25. The van der Waals surface area contributed by atoms with Crippen molar-refractivity contribution in [2.24, 2.45) is 0 Å². The van der Waals surface area contributed by atoms with Crippen LogP contribution in [0.1, 0.15) is 23.7 Å². The molecule has 0 radical (unpaired) electrons. The number of carbonyl (C=O) groups excluding carboxylic acids is 1. The summed E-state index contributed by atoms with van der Waals surface area (Å²) in [7, 11) is 0. The Hall–Kier alpha value is -0.980.